The second-order valence-electron chi connectivity index (χ2n) is 19.0. The van der Waals surface area contributed by atoms with Crippen LogP contribution in [-0.4, -0.2) is 49.0 Å². The van der Waals surface area contributed by atoms with Gasteiger partial charge in [-0.05, 0) is 126 Å². The summed E-state index contributed by atoms with van der Waals surface area (Å²) in [5.41, 5.74) is 3.28. The Morgan fingerprint density at radius 3 is 1.36 bits per heavy atom. The minimum Gasteiger partial charge on any atom is -0.498 e. The van der Waals surface area contributed by atoms with Gasteiger partial charge in [0.25, 0.3) is 0 Å². The fourth-order valence-electron chi connectivity index (χ4n) is 9.25. The van der Waals surface area contributed by atoms with Crippen LogP contribution in [0.2, 0.25) is 0 Å². The minimum atomic E-state index is 0.283. The lowest BCUT2D eigenvalue weighted by Gasteiger charge is -2.27. The van der Waals surface area contributed by atoms with E-state index in [2.05, 4.69) is 32.6 Å². The Bertz CT molecular complexity index is 937. The zero-order valence-corrected chi connectivity index (χ0v) is 40.0. The second-order valence-corrected chi connectivity index (χ2v) is 19.0. The van der Waals surface area contributed by atoms with Crippen molar-refractivity contribution in [1.29, 1.82) is 0 Å². The van der Waals surface area contributed by atoms with Gasteiger partial charge in [-0.15, -0.1) is 0 Å². The highest BCUT2D eigenvalue weighted by atomic mass is 16.5. The molecule has 0 aromatic heterocycles. The molecule has 0 aliphatic heterocycles. The molecule has 0 amide bonds. The summed E-state index contributed by atoms with van der Waals surface area (Å²) >= 11 is 0. The monoisotopic (exact) mass is 814 g/mol. The van der Waals surface area contributed by atoms with Crippen molar-refractivity contribution in [2.24, 2.45) is 5.92 Å². The van der Waals surface area contributed by atoms with Crippen LogP contribution in [0.5, 0.6) is 0 Å². The largest absolute Gasteiger partial charge is 0.498 e. The summed E-state index contributed by atoms with van der Waals surface area (Å²) in [6, 6.07) is 0. The van der Waals surface area contributed by atoms with Crippen molar-refractivity contribution in [2.45, 2.75) is 284 Å². The standard InChI is InChI=1S/C54H103NO3/c1-5-9-13-15-19-25-39-52(40-26-20-16-14-10-6-2)58-54(51-37-32-38-51)42-28-22-18-24-30-45-55(46-47-56)44-29-23-17-21-27-41-53(50-35-31-36-50)57-48-43-49(33-11-7-3)34-12-8-4/h49,52,56H,5-48H2,1-4H3. The van der Waals surface area contributed by atoms with Gasteiger partial charge in [-0.3, -0.25) is 0 Å². The fraction of sp³-hybridized carbons (Fsp3) is 0.926. The molecule has 0 aromatic carbocycles. The summed E-state index contributed by atoms with van der Waals surface area (Å²) in [5.74, 6) is 3.64. The van der Waals surface area contributed by atoms with Crippen LogP contribution in [0.3, 0.4) is 0 Å². The van der Waals surface area contributed by atoms with E-state index in [4.69, 9.17) is 9.47 Å². The molecule has 2 fully saturated rings. The quantitative estimate of drug-likeness (QED) is 0.0491. The molecule has 0 bridgehead atoms. The molecule has 342 valence electrons. The maximum atomic E-state index is 9.76. The molecule has 0 atom stereocenters. The lowest BCUT2D eigenvalue weighted by Crippen LogP contribution is -2.29. The Kier molecular flexibility index (Phi) is 35.6. The SMILES string of the molecule is CCCCCCCCC(CCCCCCCC)OC(CCCCCCCN(CCO)CCCCCCCC(OCCC(CCCC)CCCC)=C1CCC1)=C1CCC1. The summed E-state index contributed by atoms with van der Waals surface area (Å²) < 4.78 is 13.5. The van der Waals surface area contributed by atoms with Gasteiger partial charge in [0.1, 0.15) is 0 Å². The van der Waals surface area contributed by atoms with Gasteiger partial charge in [0.2, 0.25) is 0 Å². The smallest absolute Gasteiger partial charge is 0.0982 e. The van der Waals surface area contributed by atoms with Crippen LogP contribution in [0.4, 0.5) is 0 Å². The number of hydrogen-bond acceptors (Lipinski definition) is 4. The Hall–Kier alpha value is -1.00. The molecule has 0 saturated heterocycles. The van der Waals surface area contributed by atoms with Gasteiger partial charge in [0.15, 0.2) is 0 Å². The summed E-state index contributed by atoms with van der Waals surface area (Å²) in [4.78, 5) is 2.53. The number of aliphatic hydroxyl groups is 1. The molecule has 2 saturated carbocycles. The second kappa shape index (κ2) is 38.9. The van der Waals surface area contributed by atoms with Crippen LogP contribution in [-0.2, 0) is 9.47 Å². The van der Waals surface area contributed by atoms with E-state index in [-0.39, 0.29) is 6.61 Å². The molecule has 2 aliphatic rings. The molecule has 58 heavy (non-hydrogen) atoms. The van der Waals surface area contributed by atoms with Crippen LogP contribution in [0.1, 0.15) is 278 Å². The zero-order chi connectivity index (χ0) is 41.6. The lowest BCUT2D eigenvalue weighted by atomic mass is 9.89. The van der Waals surface area contributed by atoms with Crippen LogP contribution < -0.4 is 0 Å². The molecule has 1 N–H and O–H groups in total. The van der Waals surface area contributed by atoms with E-state index < -0.39 is 0 Å². The van der Waals surface area contributed by atoms with Gasteiger partial charge in [0, 0.05) is 19.4 Å². The number of rotatable bonds is 44. The highest BCUT2D eigenvalue weighted by Gasteiger charge is 2.20. The number of unbranched alkanes of at least 4 members (excludes halogenated alkanes) is 20. The maximum absolute atomic E-state index is 9.76. The van der Waals surface area contributed by atoms with Crippen molar-refractivity contribution in [3.63, 3.8) is 0 Å². The molecule has 0 spiro atoms. The number of ether oxygens (including phenoxy) is 2. The van der Waals surface area contributed by atoms with Gasteiger partial charge < -0.3 is 19.5 Å². The summed E-state index contributed by atoms with van der Waals surface area (Å²) in [7, 11) is 0. The average Bonchev–Trinajstić information content (AvgIpc) is 3.18. The van der Waals surface area contributed by atoms with Crippen LogP contribution in [0, 0.1) is 5.92 Å². The molecule has 4 heteroatoms. The summed E-state index contributed by atoms with van der Waals surface area (Å²) in [6.07, 6.45) is 52.0. The van der Waals surface area contributed by atoms with Crippen molar-refractivity contribution in [3.05, 3.63) is 22.7 Å². The van der Waals surface area contributed by atoms with Crippen molar-refractivity contribution < 1.29 is 14.6 Å². The van der Waals surface area contributed by atoms with Gasteiger partial charge in [-0.25, -0.2) is 0 Å². The van der Waals surface area contributed by atoms with E-state index in [1.165, 1.54) is 256 Å². The highest BCUT2D eigenvalue weighted by molar-refractivity contribution is 5.16. The third kappa shape index (κ3) is 27.8. The van der Waals surface area contributed by atoms with E-state index in [1.807, 2.05) is 0 Å². The van der Waals surface area contributed by atoms with E-state index in [0.29, 0.717) is 6.10 Å². The zero-order valence-electron chi connectivity index (χ0n) is 40.0. The normalized spacial score (nSPS) is 14.1. The van der Waals surface area contributed by atoms with Gasteiger partial charge in [-0.1, -0.05) is 169 Å². The third-order valence-electron chi connectivity index (χ3n) is 13.7. The van der Waals surface area contributed by atoms with Crippen LogP contribution in [0.15, 0.2) is 22.7 Å². The Balaban J connectivity index is 1.61. The van der Waals surface area contributed by atoms with Gasteiger partial charge in [-0.2, -0.15) is 0 Å². The maximum Gasteiger partial charge on any atom is 0.0982 e. The topological polar surface area (TPSA) is 41.9 Å². The molecule has 4 nitrogen and oxygen atoms in total. The third-order valence-corrected chi connectivity index (χ3v) is 13.7. The van der Waals surface area contributed by atoms with E-state index >= 15 is 0 Å². The summed E-state index contributed by atoms with van der Waals surface area (Å²) in [5, 5.41) is 9.76. The molecule has 0 unspecified atom stereocenters. The first kappa shape index (κ1) is 53.1. The van der Waals surface area contributed by atoms with E-state index in [0.717, 1.165) is 38.6 Å². The Morgan fingerprint density at radius 2 is 0.897 bits per heavy atom. The van der Waals surface area contributed by atoms with Crippen LogP contribution in [0.25, 0.3) is 0 Å². The van der Waals surface area contributed by atoms with Crippen molar-refractivity contribution >= 4 is 0 Å². The number of hydrogen-bond donors (Lipinski definition) is 1. The number of aliphatic hydroxyl groups excluding tert-OH is 1. The molecule has 0 aromatic rings. The number of allylic oxidation sites excluding steroid dienone is 4. The van der Waals surface area contributed by atoms with Crippen LogP contribution >= 0.6 is 0 Å². The summed E-state index contributed by atoms with van der Waals surface area (Å²) in [6.45, 7) is 13.6. The molecule has 2 aliphatic carbocycles. The first-order chi connectivity index (χ1) is 28.6. The highest BCUT2D eigenvalue weighted by Crippen LogP contribution is 2.34. The fourth-order valence-corrected chi connectivity index (χ4v) is 9.25. The van der Waals surface area contributed by atoms with Gasteiger partial charge in [0.05, 0.1) is 30.8 Å². The lowest BCUT2D eigenvalue weighted by molar-refractivity contribution is 0.0834. The molecule has 0 radical (unpaired) electrons. The molecular weight excluding hydrogens is 711 g/mol. The Labute approximate surface area is 363 Å². The van der Waals surface area contributed by atoms with Gasteiger partial charge >= 0.3 is 0 Å². The number of nitrogens with zero attached hydrogens (tertiary/aromatic N) is 1. The first-order valence-corrected chi connectivity index (χ1v) is 26.7. The van der Waals surface area contributed by atoms with E-state index in [1.54, 1.807) is 11.1 Å². The Morgan fingerprint density at radius 1 is 0.466 bits per heavy atom. The van der Waals surface area contributed by atoms with E-state index in [9.17, 15) is 5.11 Å². The minimum absolute atomic E-state index is 0.283. The van der Waals surface area contributed by atoms with Crippen molar-refractivity contribution in [1.82, 2.24) is 4.90 Å². The average molecular weight is 814 g/mol. The molecular formula is C54H103NO3. The van der Waals surface area contributed by atoms with Crippen molar-refractivity contribution in [2.75, 3.05) is 32.8 Å². The predicted octanol–water partition coefficient (Wildman–Crippen LogP) is 17.1. The van der Waals surface area contributed by atoms with Crippen molar-refractivity contribution in [3.8, 4) is 0 Å². The molecule has 0 heterocycles. The predicted molar refractivity (Wildman–Crippen MR) is 255 cm³/mol. The first-order valence-electron chi connectivity index (χ1n) is 26.7. The molecule has 2 rings (SSSR count).